The minimum absolute atomic E-state index is 0.121. The zero-order valence-corrected chi connectivity index (χ0v) is 8.62. The van der Waals surface area contributed by atoms with E-state index in [0.717, 1.165) is 0 Å². The number of rotatable bonds is 3. The van der Waals surface area contributed by atoms with Crippen LogP contribution in [0, 0.1) is 21.4 Å². The maximum atomic E-state index is 11.4. The third-order valence-corrected chi connectivity index (χ3v) is 2.31. The summed E-state index contributed by atoms with van der Waals surface area (Å²) in [5.41, 5.74) is 0.488. The van der Waals surface area contributed by atoms with Crippen molar-refractivity contribution in [3.63, 3.8) is 0 Å². The molecule has 2 aromatic rings. The molecular weight excluding hydrogens is 226 g/mol. The first-order valence-electron chi connectivity index (χ1n) is 4.78. The molecule has 2 rings (SSSR count). The van der Waals surface area contributed by atoms with Gasteiger partial charge in [0.15, 0.2) is 5.58 Å². The second kappa shape index (κ2) is 4.09. The van der Waals surface area contributed by atoms with Crippen molar-refractivity contribution in [1.82, 2.24) is 4.57 Å². The lowest BCUT2D eigenvalue weighted by Crippen LogP contribution is -2.13. The van der Waals surface area contributed by atoms with Gasteiger partial charge in [-0.15, -0.1) is 0 Å². The number of hydrogen-bond donors (Lipinski definition) is 0. The van der Waals surface area contributed by atoms with E-state index in [-0.39, 0.29) is 24.2 Å². The highest BCUT2D eigenvalue weighted by Gasteiger charge is 2.13. The monoisotopic (exact) mass is 233 g/mol. The summed E-state index contributed by atoms with van der Waals surface area (Å²) in [6, 6.07) is 5.80. The second-order valence-electron chi connectivity index (χ2n) is 3.34. The Kier molecular flexibility index (Phi) is 2.62. The van der Waals surface area contributed by atoms with Gasteiger partial charge >= 0.3 is 5.76 Å². The maximum absolute atomic E-state index is 11.4. The van der Waals surface area contributed by atoms with Gasteiger partial charge in [-0.3, -0.25) is 14.7 Å². The molecule has 0 spiro atoms. The molecule has 7 heteroatoms. The van der Waals surface area contributed by atoms with Gasteiger partial charge in [0.2, 0.25) is 0 Å². The first-order valence-corrected chi connectivity index (χ1v) is 4.78. The van der Waals surface area contributed by atoms with Crippen molar-refractivity contribution < 1.29 is 9.34 Å². The number of non-ortho nitro benzene ring substituents is 1. The van der Waals surface area contributed by atoms with E-state index in [1.165, 1.54) is 22.8 Å². The molecule has 7 nitrogen and oxygen atoms in total. The van der Waals surface area contributed by atoms with Crippen LogP contribution in [0.3, 0.4) is 0 Å². The maximum Gasteiger partial charge on any atom is 0.419 e. The van der Waals surface area contributed by atoms with E-state index < -0.39 is 10.7 Å². The van der Waals surface area contributed by atoms with E-state index in [2.05, 4.69) is 0 Å². The van der Waals surface area contributed by atoms with Gasteiger partial charge in [0, 0.05) is 18.7 Å². The fourth-order valence-electron chi connectivity index (χ4n) is 1.54. The molecule has 0 unspecified atom stereocenters. The van der Waals surface area contributed by atoms with E-state index in [0.29, 0.717) is 5.52 Å². The van der Waals surface area contributed by atoms with Crippen LogP contribution in [-0.4, -0.2) is 9.49 Å². The SMILES string of the molecule is N#CCCn1c(=O)oc2ccc([N+](=O)[O-])cc21. The number of benzene rings is 1. The minimum Gasteiger partial charge on any atom is -0.408 e. The number of fused-ring (bicyclic) bond motifs is 1. The first kappa shape index (κ1) is 10.9. The average Bonchev–Trinajstić information content (AvgIpc) is 2.61. The zero-order chi connectivity index (χ0) is 12.4. The molecule has 0 atom stereocenters. The smallest absolute Gasteiger partial charge is 0.408 e. The zero-order valence-electron chi connectivity index (χ0n) is 8.62. The summed E-state index contributed by atoms with van der Waals surface area (Å²) >= 11 is 0. The minimum atomic E-state index is -0.615. The van der Waals surface area contributed by atoms with Crippen LogP contribution < -0.4 is 5.76 Å². The fraction of sp³-hybridized carbons (Fsp3) is 0.200. The Morgan fingerprint density at radius 2 is 2.29 bits per heavy atom. The van der Waals surface area contributed by atoms with E-state index in [1.807, 2.05) is 6.07 Å². The van der Waals surface area contributed by atoms with Crippen molar-refractivity contribution in [2.75, 3.05) is 0 Å². The first-order chi connectivity index (χ1) is 8.13. The number of aromatic nitrogens is 1. The van der Waals surface area contributed by atoms with Crippen molar-refractivity contribution in [3.8, 4) is 6.07 Å². The van der Waals surface area contributed by atoms with E-state index >= 15 is 0 Å². The van der Waals surface area contributed by atoms with Crippen molar-refractivity contribution in [1.29, 1.82) is 5.26 Å². The van der Waals surface area contributed by atoms with Gasteiger partial charge in [0.25, 0.3) is 5.69 Å². The molecule has 17 heavy (non-hydrogen) atoms. The Balaban J connectivity index is 2.61. The largest absolute Gasteiger partial charge is 0.419 e. The molecule has 1 aromatic carbocycles. The molecule has 0 aliphatic carbocycles. The predicted molar refractivity (Wildman–Crippen MR) is 57.4 cm³/mol. The fourth-order valence-corrected chi connectivity index (χ4v) is 1.54. The van der Waals surface area contributed by atoms with Crippen LogP contribution in [0.2, 0.25) is 0 Å². The summed E-state index contributed by atoms with van der Waals surface area (Å²) in [5.74, 6) is -0.615. The van der Waals surface area contributed by atoms with Crippen LogP contribution in [0.1, 0.15) is 6.42 Å². The lowest BCUT2D eigenvalue weighted by molar-refractivity contribution is -0.384. The number of nitro benzene ring substituents is 1. The topological polar surface area (TPSA) is 102 Å². The summed E-state index contributed by atoms with van der Waals surface area (Å²) in [5, 5.41) is 19.1. The van der Waals surface area contributed by atoms with Gasteiger partial charge in [-0.2, -0.15) is 5.26 Å². The summed E-state index contributed by atoms with van der Waals surface area (Å²) < 4.78 is 6.12. The molecule has 0 saturated carbocycles. The van der Waals surface area contributed by atoms with Crippen LogP contribution in [0.25, 0.3) is 11.1 Å². The molecule has 0 N–H and O–H groups in total. The Morgan fingerprint density at radius 3 is 2.94 bits per heavy atom. The Morgan fingerprint density at radius 1 is 1.53 bits per heavy atom. The van der Waals surface area contributed by atoms with Crippen LogP contribution >= 0.6 is 0 Å². The van der Waals surface area contributed by atoms with Gasteiger partial charge in [-0.05, 0) is 6.07 Å². The summed E-state index contributed by atoms with van der Waals surface area (Å²) in [6.07, 6.45) is 0.136. The number of nitrogens with zero attached hydrogens (tertiary/aromatic N) is 3. The highest BCUT2D eigenvalue weighted by Crippen LogP contribution is 2.20. The number of aryl methyl sites for hydroxylation is 1. The molecule has 1 heterocycles. The molecule has 1 aromatic heterocycles. The van der Waals surface area contributed by atoms with Crippen molar-refractivity contribution in [3.05, 3.63) is 38.9 Å². The van der Waals surface area contributed by atoms with Crippen molar-refractivity contribution >= 4 is 16.8 Å². The third kappa shape index (κ3) is 1.88. The average molecular weight is 233 g/mol. The highest BCUT2D eigenvalue weighted by atomic mass is 16.6. The third-order valence-electron chi connectivity index (χ3n) is 2.31. The Hall–Kier alpha value is -2.62. The lowest BCUT2D eigenvalue weighted by Gasteiger charge is -1.97. The summed E-state index contributed by atoms with van der Waals surface area (Å²) in [7, 11) is 0. The summed E-state index contributed by atoms with van der Waals surface area (Å²) in [6.45, 7) is 0.156. The molecule has 0 aliphatic heterocycles. The molecule has 0 saturated heterocycles. The van der Waals surface area contributed by atoms with E-state index in [4.69, 9.17) is 9.68 Å². The van der Waals surface area contributed by atoms with E-state index in [1.54, 1.807) is 0 Å². The van der Waals surface area contributed by atoms with Gasteiger partial charge < -0.3 is 4.42 Å². The molecule has 0 amide bonds. The molecule has 86 valence electrons. The summed E-state index contributed by atoms with van der Waals surface area (Å²) in [4.78, 5) is 21.5. The highest BCUT2D eigenvalue weighted by molar-refractivity contribution is 5.75. The molecule has 0 radical (unpaired) electrons. The predicted octanol–water partition coefficient (Wildman–Crippen LogP) is 1.42. The Bertz CT molecular complexity index is 677. The Labute approximate surface area is 94.6 Å². The molecule has 0 aliphatic rings. The number of nitriles is 1. The van der Waals surface area contributed by atoms with Gasteiger partial charge in [0.1, 0.15) is 0 Å². The van der Waals surface area contributed by atoms with Gasteiger partial charge in [-0.1, -0.05) is 0 Å². The van der Waals surface area contributed by atoms with Crippen LogP contribution in [0.15, 0.2) is 27.4 Å². The second-order valence-corrected chi connectivity index (χ2v) is 3.34. The van der Waals surface area contributed by atoms with E-state index in [9.17, 15) is 14.9 Å². The normalized spacial score (nSPS) is 10.3. The van der Waals surface area contributed by atoms with Crippen molar-refractivity contribution in [2.45, 2.75) is 13.0 Å². The van der Waals surface area contributed by atoms with Gasteiger partial charge in [-0.25, -0.2) is 4.79 Å². The number of hydrogen-bond acceptors (Lipinski definition) is 5. The molecule has 0 fully saturated rings. The van der Waals surface area contributed by atoms with Gasteiger partial charge in [0.05, 0.1) is 22.9 Å². The molecular formula is C10H7N3O4. The number of nitro groups is 1. The standard InChI is InChI=1S/C10H7N3O4/c11-4-1-5-12-8-6-7(13(15)16)2-3-9(8)17-10(12)14/h2-3,6H,1,5H2. The number of oxazole rings is 1. The van der Waals surface area contributed by atoms with Crippen molar-refractivity contribution in [2.24, 2.45) is 0 Å². The van der Waals surface area contributed by atoms with Crippen LogP contribution in [0.4, 0.5) is 5.69 Å². The molecule has 0 bridgehead atoms. The van der Waals surface area contributed by atoms with Crippen LogP contribution in [-0.2, 0) is 6.54 Å². The lowest BCUT2D eigenvalue weighted by atomic mass is 10.3. The van der Waals surface area contributed by atoms with Crippen LogP contribution in [0.5, 0.6) is 0 Å². The quantitative estimate of drug-likeness (QED) is 0.589.